The molecule has 0 saturated carbocycles. The molecular weight excluding hydrogens is 384 g/mol. The molecule has 182 valence electrons. The standard InChI is InChI=1S/C10H22.C8H18O2.C6H10O4/c1-7-10(5,6)8-9(2,3)4;1-3-8(2)4-6-10-7-5-9;1-3(5(7)8)4(2)6(9)10/h7-8H2,1-6H3;8-9H,3-7H2,1-2H3;3-4H,1-2H3,(H,7,8)(H,9,10). The van der Waals surface area contributed by atoms with Crippen LogP contribution in [0.2, 0.25) is 0 Å². The van der Waals surface area contributed by atoms with Crippen LogP contribution in [-0.4, -0.2) is 47.1 Å². The monoisotopic (exact) mass is 434 g/mol. The van der Waals surface area contributed by atoms with Crippen molar-refractivity contribution in [3.63, 3.8) is 0 Å². The molecule has 6 heteroatoms. The summed E-state index contributed by atoms with van der Waals surface area (Å²) in [7, 11) is 0. The van der Waals surface area contributed by atoms with Crippen LogP contribution in [0.15, 0.2) is 0 Å². The van der Waals surface area contributed by atoms with Crippen molar-refractivity contribution in [1.82, 2.24) is 0 Å². The van der Waals surface area contributed by atoms with Gasteiger partial charge in [0.25, 0.3) is 0 Å². The van der Waals surface area contributed by atoms with Crippen molar-refractivity contribution in [1.29, 1.82) is 0 Å². The molecule has 0 radical (unpaired) electrons. The van der Waals surface area contributed by atoms with Gasteiger partial charge in [-0.15, -0.1) is 0 Å². The van der Waals surface area contributed by atoms with Gasteiger partial charge in [-0.25, -0.2) is 0 Å². The molecular formula is C24H50O6. The largest absolute Gasteiger partial charge is 0.481 e. The fourth-order valence-electron chi connectivity index (χ4n) is 2.64. The molecule has 0 fully saturated rings. The van der Waals surface area contributed by atoms with E-state index in [2.05, 4.69) is 55.4 Å². The molecule has 0 aromatic rings. The molecule has 0 aliphatic heterocycles. The normalized spacial score (nSPS) is 14.4. The van der Waals surface area contributed by atoms with Crippen LogP contribution < -0.4 is 0 Å². The minimum Gasteiger partial charge on any atom is -0.481 e. The van der Waals surface area contributed by atoms with Crippen LogP contribution in [0, 0.1) is 28.6 Å². The van der Waals surface area contributed by atoms with E-state index in [1.165, 1.54) is 33.1 Å². The third-order valence-corrected chi connectivity index (χ3v) is 5.18. The lowest BCUT2D eigenvalue weighted by Gasteiger charge is -2.31. The average Bonchev–Trinajstić information content (AvgIpc) is 2.62. The van der Waals surface area contributed by atoms with E-state index in [0.29, 0.717) is 17.4 Å². The van der Waals surface area contributed by atoms with Crippen molar-refractivity contribution in [3.05, 3.63) is 0 Å². The highest BCUT2D eigenvalue weighted by Gasteiger charge is 2.25. The van der Waals surface area contributed by atoms with Crippen LogP contribution in [0.1, 0.15) is 94.9 Å². The number of carboxylic acid groups (broad SMARTS) is 2. The molecule has 0 rings (SSSR count). The number of aliphatic hydroxyl groups is 1. The third kappa shape index (κ3) is 23.1. The Morgan fingerprint density at radius 3 is 1.53 bits per heavy atom. The molecule has 3 atom stereocenters. The highest BCUT2D eigenvalue weighted by molar-refractivity contribution is 5.79. The van der Waals surface area contributed by atoms with E-state index in [0.717, 1.165) is 18.9 Å². The highest BCUT2D eigenvalue weighted by atomic mass is 16.5. The molecule has 30 heavy (non-hydrogen) atoms. The molecule has 0 amide bonds. The zero-order valence-electron chi connectivity index (χ0n) is 21.2. The summed E-state index contributed by atoms with van der Waals surface area (Å²) in [6.07, 6.45) is 4.92. The molecule has 3 unspecified atom stereocenters. The van der Waals surface area contributed by atoms with E-state index in [9.17, 15) is 9.59 Å². The number of aliphatic carboxylic acids is 2. The molecule has 0 saturated heterocycles. The summed E-state index contributed by atoms with van der Waals surface area (Å²) in [5.74, 6) is -3.04. The second-order valence-corrected chi connectivity index (χ2v) is 10.1. The maximum Gasteiger partial charge on any atom is 0.307 e. The van der Waals surface area contributed by atoms with Gasteiger partial charge < -0.3 is 20.1 Å². The summed E-state index contributed by atoms with van der Waals surface area (Å²) in [4.78, 5) is 20.4. The van der Waals surface area contributed by atoms with Gasteiger partial charge in [0.05, 0.1) is 25.0 Å². The van der Waals surface area contributed by atoms with Gasteiger partial charge in [0.1, 0.15) is 0 Å². The maximum atomic E-state index is 10.2. The Balaban J connectivity index is -0.000000364. The van der Waals surface area contributed by atoms with Gasteiger partial charge in [0, 0.05) is 6.61 Å². The van der Waals surface area contributed by atoms with Crippen LogP contribution in [0.3, 0.4) is 0 Å². The first-order chi connectivity index (χ1) is 13.5. The van der Waals surface area contributed by atoms with Crippen LogP contribution in [0.25, 0.3) is 0 Å². The molecule has 0 heterocycles. The van der Waals surface area contributed by atoms with Crippen molar-refractivity contribution in [2.45, 2.75) is 94.9 Å². The molecule has 0 aliphatic rings. The Morgan fingerprint density at radius 1 is 0.867 bits per heavy atom. The highest BCUT2D eigenvalue weighted by Crippen LogP contribution is 2.35. The fraction of sp³-hybridized carbons (Fsp3) is 0.917. The predicted octanol–water partition coefficient (Wildman–Crippen LogP) is 5.72. The Morgan fingerprint density at radius 2 is 1.30 bits per heavy atom. The lowest BCUT2D eigenvalue weighted by molar-refractivity contribution is -0.152. The minimum absolute atomic E-state index is 0.139. The van der Waals surface area contributed by atoms with Crippen molar-refractivity contribution in [2.24, 2.45) is 28.6 Å². The van der Waals surface area contributed by atoms with Gasteiger partial charge in [-0.1, -0.05) is 82.1 Å². The zero-order valence-corrected chi connectivity index (χ0v) is 21.2. The van der Waals surface area contributed by atoms with Gasteiger partial charge in [0.15, 0.2) is 0 Å². The molecule has 0 bridgehead atoms. The molecule has 0 aliphatic carbocycles. The minimum atomic E-state index is -1.07. The first kappa shape index (κ1) is 33.5. The number of hydrogen-bond donors (Lipinski definition) is 3. The first-order valence-electron chi connectivity index (χ1n) is 11.2. The topological polar surface area (TPSA) is 104 Å². The van der Waals surface area contributed by atoms with Gasteiger partial charge in [-0.05, 0) is 29.6 Å². The third-order valence-electron chi connectivity index (χ3n) is 5.18. The predicted molar refractivity (Wildman–Crippen MR) is 124 cm³/mol. The fourth-order valence-corrected chi connectivity index (χ4v) is 2.64. The van der Waals surface area contributed by atoms with Gasteiger partial charge in [-0.2, -0.15) is 0 Å². The molecule has 6 nitrogen and oxygen atoms in total. The van der Waals surface area contributed by atoms with Gasteiger partial charge >= 0.3 is 11.9 Å². The quantitative estimate of drug-likeness (QED) is 0.359. The average molecular weight is 435 g/mol. The van der Waals surface area contributed by atoms with Crippen molar-refractivity contribution >= 4 is 11.9 Å². The number of carbonyl (C=O) groups is 2. The Bertz CT molecular complexity index is 421. The number of ether oxygens (including phenoxy) is 1. The summed E-state index contributed by atoms with van der Waals surface area (Å²) in [6, 6.07) is 0. The molecule has 0 spiro atoms. The smallest absolute Gasteiger partial charge is 0.307 e. The van der Waals surface area contributed by atoms with E-state index >= 15 is 0 Å². The van der Waals surface area contributed by atoms with Crippen LogP contribution in [0.4, 0.5) is 0 Å². The Hall–Kier alpha value is -1.14. The molecule has 0 aromatic heterocycles. The van der Waals surface area contributed by atoms with E-state index in [1.54, 1.807) is 0 Å². The Labute approximate surface area is 185 Å². The SMILES string of the molecule is CC(C(=O)O)C(C)C(=O)O.CCC(C)(C)CC(C)(C)C.CCC(C)CCOCCO. The second kappa shape index (κ2) is 17.5. The maximum absolute atomic E-state index is 10.2. The number of carboxylic acids is 2. The van der Waals surface area contributed by atoms with Crippen LogP contribution in [0.5, 0.6) is 0 Å². The Kier molecular flexibility index (Phi) is 19.6. The van der Waals surface area contributed by atoms with Crippen molar-refractivity contribution in [2.75, 3.05) is 19.8 Å². The zero-order chi connectivity index (χ0) is 24.5. The van der Waals surface area contributed by atoms with E-state index in [1.807, 2.05) is 0 Å². The number of aliphatic hydroxyl groups excluding tert-OH is 1. The summed E-state index contributed by atoms with van der Waals surface area (Å²) >= 11 is 0. The van der Waals surface area contributed by atoms with Crippen molar-refractivity contribution in [3.8, 4) is 0 Å². The van der Waals surface area contributed by atoms with E-state index < -0.39 is 23.8 Å². The number of rotatable bonds is 11. The van der Waals surface area contributed by atoms with E-state index in [-0.39, 0.29) is 6.61 Å². The van der Waals surface area contributed by atoms with Gasteiger partial charge in [0.2, 0.25) is 0 Å². The molecule has 0 aromatic carbocycles. The second-order valence-electron chi connectivity index (χ2n) is 10.1. The van der Waals surface area contributed by atoms with Gasteiger partial charge in [-0.3, -0.25) is 9.59 Å². The summed E-state index contributed by atoms with van der Waals surface area (Å²) in [5.41, 5.74) is 1.01. The first-order valence-corrected chi connectivity index (χ1v) is 11.2. The summed E-state index contributed by atoms with van der Waals surface area (Å²) < 4.78 is 5.11. The van der Waals surface area contributed by atoms with E-state index in [4.69, 9.17) is 20.1 Å². The van der Waals surface area contributed by atoms with Crippen LogP contribution in [-0.2, 0) is 14.3 Å². The summed E-state index contributed by atoms with van der Waals surface area (Å²) in [5, 5.41) is 25.0. The van der Waals surface area contributed by atoms with Crippen molar-refractivity contribution < 1.29 is 29.6 Å². The number of hydrogen-bond acceptors (Lipinski definition) is 4. The summed E-state index contributed by atoms with van der Waals surface area (Å²) in [6.45, 7) is 22.4. The molecule has 3 N–H and O–H groups in total. The van der Waals surface area contributed by atoms with Crippen LogP contribution >= 0.6 is 0 Å². The lowest BCUT2D eigenvalue weighted by Crippen LogP contribution is -2.24. The lowest BCUT2D eigenvalue weighted by atomic mass is 9.75.